The molecule has 2 aromatic rings. The lowest BCUT2D eigenvalue weighted by molar-refractivity contribution is -0.678. The molecule has 0 fully saturated rings. The van der Waals surface area contributed by atoms with Crippen molar-refractivity contribution in [3.05, 3.63) is 60.1 Å². The summed E-state index contributed by atoms with van der Waals surface area (Å²) in [4.78, 5) is 11.5. The molecule has 2 rings (SSSR count). The number of nitrogens with two attached hydrogens (primary N) is 1. The summed E-state index contributed by atoms with van der Waals surface area (Å²) in [5, 5.41) is 3.49. The van der Waals surface area contributed by atoms with E-state index in [1.54, 1.807) is 17.4 Å². The van der Waals surface area contributed by atoms with E-state index in [-0.39, 0.29) is 12.6 Å². The third-order valence-electron chi connectivity index (χ3n) is 3.03. The molecule has 0 saturated heterocycles. The number of alkyl halides is 3. The molecule has 4 nitrogen and oxygen atoms in total. The van der Waals surface area contributed by atoms with Crippen LogP contribution in [0.15, 0.2) is 53.1 Å². The number of hydrogen-bond donors (Lipinski definition) is 2. The first-order chi connectivity index (χ1) is 10.5. The number of amides is 1. The lowest BCUT2D eigenvalue weighted by Crippen LogP contribution is -2.87. The maximum atomic E-state index is 12.1. The van der Waals surface area contributed by atoms with Gasteiger partial charge >= 0.3 is 6.18 Å². The van der Waals surface area contributed by atoms with Gasteiger partial charge < -0.3 is 15.1 Å². The minimum Gasteiger partial charge on any atom is -0.463 e. The van der Waals surface area contributed by atoms with Gasteiger partial charge in [0.05, 0.1) is 6.26 Å². The lowest BCUT2D eigenvalue weighted by atomic mass is 10.0. The van der Waals surface area contributed by atoms with Crippen molar-refractivity contribution in [3.63, 3.8) is 0 Å². The molecule has 1 aromatic carbocycles. The summed E-state index contributed by atoms with van der Waals surface area (Å²) in [6.45, 7) is -1.45. The van der Waals surface area contributed by atoms with Crippen molar-refractivity contribution in [2.45, 2.75) is 12.2 Å². The van der Waals surface area contributed by atoms with Gasteiger partial charge in [0.2, 0.25) is 0 Å². The van der Waals surface area contributed by atoms with Crippen LogP contribution in [0.2, 0.25) is 0 Å². The third kappa shape index (κ3) is 4.92. The van der Waals surface area contributed by atoms with E-state index in [0.29, 0.717) is 5.76 Å². The molecule has 0 bridgehead atoms. The quantitative estimate of drug-likeness (QED) is 0.851. The molecule has 0 aliphatic carbocycles. The lowest BCUT2D eigenvalue weighted by Gasteiger charge is -2.14. The smallest absolute Gasteiger partial charge is 0.405 e. The van der Waals surface area contributed by atoms with Gasteiger partial charge in [-0.25, -0.2) is 0 Å². The fourth-order valence-electron chi connectivity index (χ4n) is 2.04. The van der Waals surface area contributed by atoms with E-state index in [1.807, 2.05) is 35.6 Å². The highest BCUT2D eigenvalue weighted by Crippen LogP contribution is 2.18. The molecule has 0 spiro atoms. The number of nitrogens with one attached hydrogen (secondary N) is 1. The summed E-state index contributed by atoms with van der Waals surface area (Å²) in [6, 6.07) is 12.5. The van der Waals surface area contributed by atoms with Crippen LogP contribution in [-0.4, -0.2) is 25.2 Å². The minimum absolute atomic E-state index is 0.129. The molecule has 0 unspecified atom stereocenters. The summed E-state index contributed by atoms with van der Waals surface area (Å²) in [5.74, 6) is -0.0420. The summed E-state index contributed by atoms with van der Waals surface area (Å²) in [7, 11) is 0. The number of benzene rings is 1. The van der Waals surface area contributed by atoms with Crippen LogP contribution in [0, 0.1) is 0 Å². The maximum absolute atomic E-state index is 12.1. The van der Waals surface area contributed by atoms with Crippen LogP contribution in [0.3, 0.4) is 0 Å². The summed E-state index contributed by atoms with van der Waals surface area (Å²) in [5.41, 5.74) is 0.904. The Kier molecular flexibility index (Phi) is 5.21. The van der Waals surface area contributed by atoms with Crippen molar-refractivity contribution >= 4 is 5.91 Å². The van der Waals surface area contributed by atoms with Gasteiger partial charge in [0.1, 0.15) is 6.54 Å². The number of carbonyl (C=O) groups is 1. The van der Waals surface area contributed by atoms with Crippen LogP contribution < -0.4 is 10.6 Å². The van der Waals surface area contributed by atoms with E-state index < -0.39 is 18.6 Å². The summed E-state index contributed by atoms with van der Waals surface area (Å²) >= 11 is 0. The Labute approximate surface area is 125 Å². The van der Waals surface area contributed by atoms with Gasteiger partial charge in [-0.15, -0.1) is 0 Å². The molecule has 7 heteroatoms. The molecule has 118 valence electrons. The Morgan fingerprint density at radius 3 is 2.50 bits per heavy atom. The maximum Gasteiger partial charge on any atom is 0.405 e. The number of rotatable bonds is 6. The normalized spacial score (nSPS) is 12.9. The molecular formula is C15H16F3N2O2+. The second-order valence-electron chi connectivity index (χ2n) is 4.74. The largest absolute Gasteiger partial charge is 0.463 e. The Morgan fingerprint density at radius 2 is 1.91 bits per heavy atom. The van der Waals surface area contributed by atoms with Crippen LogP contribution in [0.5, 0.6) is 0 Å². The van der Waals surface area contributed by atoms with Gasteiger partial charge in [-0.05, 0) is 12.1 Å². The highest BCUT2D eigenvalue weighted by Gasteiger charge is 2.28. The number of hydrogen-bond acceptors (Lipinski definition) is 2. The molecule has 1 aromatic heterocycles. The highest BCUT2D eigenvalue weighted by molar-refractivity contribution is 5.76. The fraction of sp³-hybridized carbons (Fsp3) is 0.267. The average Bonchev–Trinajstić information content (AvgIpc) is 3.00. The number of halogens is 3. The van der Waals surface area contributed by atoms with Crippen molar-refractivity contribution in [3.8, 4) is 0 Å². The average molecular weight is 313 g/mol. The zero-order chi connectivity index (χ0) is 16.0. The monoisotopic (exact) mass is 313 g/mol. The SMILES string of the molecule is O=C(C[NH2+][C@H](c1ccccc1)c1ccco1)NCC(F)(F)F. The van der Waals surface area contributed by atoms with Crippen LogP contribution in [-0.2, 0) is 4.79 Å². The second kappa shape index (κ2) is 7.13. The number of furan rings is 1. The van der Waals surface area contributed by atoms with Crippen LogP contribution in [0.4, 0.5) is 13.2 Å². The molecule has 0 radical (unpaired) electrons. The van der Waals surface area contributed by atoms with E-state index in [0.717, 1.165) is 5.56 Å². The van der Waals surface area contributed by atoms with Gasteiger partial charge in [0.25, 0.3) is 5.91 Å². The third-order valence-corrected chi connectivity index (χ3v) is 3.03. The Bertz CT molecular complexity index is 583. The van der Waals surface area contributed by atoms with E-state index in [1.165, 1.54) is 6.26 Å². The summed E-state index contributed by atoms with van der Waals surface area (Å²) in [6.07, 6.45) is -2.89. The zero-order valence-electron chi connectivity index (χ0n) is 11.6. The Balaban J connectivity index is 1.98. The van der Waals surface area contributed by atoms with Crippen molar-refractivity contribution in [1.29, 1.82) is 0 Å². The molecule has 1 amide bonds. The van der Waals surface area contributed by atoms with E-state index in [2.05, 4.69) is 0 Å². The predicted octanol–water partition coefficient (Wildman–Crippen LogP) is 1.61. The number of carbonyl (C=O) groups excluding carboxylic acids is 1. The standard InChI is InChI=1S/C15H15F3N2O2/c16-15(17,18)10-20-13(21)9-19-14(12-7-4-8-22-12)11-5-2-1-3-6-11/h1-8,14,19H,9-10H2,(H,20,21)/p+1/t14-/m1/s1. The molecule has 0 aliphatic rings. The van der Waals surface area contributed by atoms with E-state index >= 15 is 0 Å². The zero-order valence-corrected chi connectivity index (χ0v) is 11.6. The first kappa shape index (κ1) is 16.1. The van der Waals surface area contributed by atoms with Gasteiger partial charge in [0, 0.05) is 5.56 Å². The fourth-order valence-corrected chi connectivity index (χ4v) is 2.04. The molecule has 22 heavy (non-hydrogen) atoms. The molecule has 1 heterocycles. The van der Waals surface area contributed by atoms with Gasteiger partial charge in [-0.3, -0.25) is 4.79 Å². The van der Waals surface area contributed by atoms with Gasteiger partial charge in [0.15, 0.2) is 18.3 Å². The minimum atomic E-state index is -4.41. The van der Waals surface area contributed by atoms with Crippen LogP contribution in [0.25, 0.3) is 0 Å². The van der Waals surface area contributed by atoms with Crippen LogP contribution >= 0.6 is 0 Å². The first-order valence-corrected chi connectivity index (χ1v) is 6.71. The predicted molar refractivity (Wildman–Crippen MR) is 72.9 cm³/mol. The molecule has 0 aliphatic heterocycles. The van der Waals surface area contributed by atoms with E-state index in [9.17, 15) is 18.0 Å². The van der Waals surface area contributed by atoms with Crippen molar-refractivity contribution in [1.82, 2.24) is 5.32 Å². The Morgan fingerprint density at radius 1 is 1.18 bits per heavy atom. The second-order valence-corrected chi connectivity index (χ2v) is 4.74. The molecule has 3 N–H and O–H groups in total. The van der Waals surface area contributed by atoms with Gasteiger partial charge in [-0.1, -0.05) is 30.3 Å². The topological polar surface area (TPSA) is 58.9 Å². The number of quaternary nitrogens is 1. The molecular weight excluding hydrogens is 297 g/mol. The van der Waals surface area contributed by atoms with Crippen molar-refractivity contribution < 1.29 is 27.7 Å². The Hall–Kier alpha value is -2.28. The van der Waals surface area contributed by atoms with Crippen molar-refractivity contribution in [2.75, 3.05) is 13.1 Å². The first-order valence-electron chi connectivity index (χ1n) is 6.71. The molecule has 0 saturated carbocycles. The van der Waals surface area contributed by atoms with Gasteiger partial charge in [-0.2, -0.15) is 13.2 Å². The van der Waals surface area contributed by atoms with Crippen LogP contribution in [0.1, 0.15) is 17.4 Å². The van der Waals surface area contributed by atoms with E-state index in [4.69, 9.17) is 4.42 Å². The summed E-state index contributed by atoms with van der Waals surface area (Å²) < 4.78 is 41.5. The van der Waals surface area contributed by atoms with Crippen molar-refractivity contribution in [2.24, 2.45) is 0 Å². The highest BCUT2D eigenvalue weighted by atomic mass is 19.4. The molecule has 1 atom stereocenters.